The highest BCUT2D eigenvalue weighted by Gasteiger charge is 2.45. The first-order chi connectivity index (χ1) is 42.5. The second-order valence-electron chi connectivity index (χ2n) is 18.6. The number of amides is 2. The quantitative estimate of drug-likeness (QED) is 0.0308. The first-order valence-corrected chi connectivity index (χ1v) is 31.6. The number of aryl methyl sites for hydroxylation is 2. The number of oxime groups is 1. The van der Waals surface area contributed by atoms with Gasteiger partial charge in [0.05, 0.1) is 79.1 Å². The highest BCUT2D eigenvalue weighted by atomic mass is 35.5. The Labute approximate surface area is 527 Å². The molecule has 0 bridgehead atoms. The van der Waals surface area contributed by atoms with Crippen molar-refractivity contribution in [3.05, 3.63) is 170 Å². The van der Waals surface area contributed by atoms with E-state index in [1.165, 1.54) is 46.4 Å². The minimum atomic E-state index is -4.76. The number of halogens is 5. The van der Waals surface area contributed by atoms with Crippen molar-refractivity contribution in [2.45, 2.75) is 48.4 Å². The fourth-order valence-electron chi connectivity index (χ4n) is 7.91. The molecule has 0 saturated carbocycles. The molecule has 1 aliphatic heterocycles. The number of pyridine rings is 1. The van der Waals surface area contributed by atoms with Crippen LogP contribution in [-0.4, -0.2) is 136 Å². The fourth-order valence-corrected chi connectivity index (χ4v) is 10.8. The van der Waals surface area contributed by atoms with Gasteiger partial charge in [-0.05, 0) is 55.8 Å². The zero-order valence-electron chi connectivity index (χ0n) is 48.8. The number of anilines is 2. The number of ketones is 1. The summed E-state index contributed by atoms with van der Waals surface area (Å²) < 4.78 is 135. The maximum absolute atomic E-state index is 12.9. The number of carbonyl (C=O) groups is 5. The number of aromatic nitrogens is 5. The van der Waals surface area contributed by atoms with E-state index in [-0.39, 0.29) is 68.2 Å². The highest BCUT2D eigenvalue weighted by molar-refractivity contribution is 7.91. The van der Waals surface area contributed by atoms with Crippen LogP contribution >= 0.6 is 23.2 Å². The molecule has 0 atom stereocenters. The number of hydrogen-bond donors (Lipinski definition) is 6. The minimum absolute atomic E-state index is 0.00861. The SMILES string of the molecule is CCOC(=O)C1=NOC(c2ccccc2)(c2ccccc2)C1.COC(=O)c1ccc(CNS(C)(=O)=O)cc1S(=O)(=O)NC(=O)Nc1nc(OC)cc(OC)n1.Cc1nn(C)c(O)c1C(=O)c1ccc(C(F)(F)F)cc1S(C)(=O)=O.Nc1cc(Cl)nc(C(=O)O)c1Cl. The lowest BCUT2D eigenvalue weighted by Crippen LogP contribution is -2.35. The van der Waals surface area contributed by atoms with Gasteiger partial charge in [-0.3, -0.25) is 10.1 Å². The molecular formula is C55H55Cl2F3N10O18S3. The van der Waals surface area contributed by atoms with Gasteiger partial charge in [-0.2, -0.15) is 28.2 Å². The smallest absolute Gasteiger partial charge is 0.416 e. The lowest BCUT2D eigenvalue weighted by atomic mass is 9.82. The molecular weight excluding hydrogens is 1310 g/mol. The molecule has 28 nitrogen and oxygen atoms in total. The average Bonchev–Trinajstić information content (AvgIpc) is 1.51. The van der Waals surface area contributed by atoms with Crippen LogP contribution in [0.3, 0.4) is 0 Å². The summed E-state index contributed by atoms with van der Waals surface area (Å²) in [6, 6.07) is 26.3. The number of ether oxygens (including phenoxy) is 4. The van der Waals surface area contributed by atoms with Crippen molar-refractivity contribution in [2.24, 2.45) is 12.2 Å². The van der Waals surface area contributed by atoms with Gasteiger partial charge in [0.25, 0.3) is 10.0 Å². The van der Waals surface area contributed by atoms with Crippen LogP contribution in [0.15, 0.2) is 124 Å². The van der Waals surface area contributed by atoms with E-state index in [1.807, 2.05) is 60.7 Å². The van der Waals surface area contributed by atoms with Crippen molar-refractivity contribution in [3.63, 3.8) is 0 Å². The molecule has 4 aromatic carbocycles. The Balaban J connectivity index is 0.000000231. The molecule has 8 rings (SSSR count). The number of methoxy groups -OCH3 is 3. The summed E-state index contributed by atoms with van der Waals surface area (Å²) in [6.07, 6.45) is -2.77. The Bertz CT molecular complexity index is 4200. The molecule has 1 aliphatic rings. The number of esters is 2. The van der Waals surface area contributed by atoms with E-state index < -0.39 is 98.2 Å². The second-order valence-corrected chi connectivity index (χ2v) is 24.8. The van der Waals surface area contributed by atoms with Crippen molar-refractivity contribution in [1.29, 1.82) is 0 Å². The topological polar surface area (TPSA) is 405 Å². The number of carbonyl (C=O) groups excluding carboxylic acids is 4. The van der Waals surface area contributed by atoms with E-state index in [0.29, 0.717) is 37.1 Å². The normalized spacial score (nSPS) is 12.5. The summed E-state index contributed by atoms with van der Waals surface area (Å²) in [5.41, 5.74) is 4.62. The maximum atomic E-state index is 12.9. The maximum Gasteiger partial charge on any atom is 0.416 e. The number of alkyl halides is 3. The van der Waals surface area contributed by atoms with Crippen LogP contribution in [0, 0.1) is 6.92 Å². The fraction of sp³-hybridized carbons (Fsp3) is 0.236. The van der Waals surface area contributed by atoms with Gasteiger partial charge in [0.15, 0.2) is 26.8 Å². The van der Waals surface area contributed by atoms with Crippen LogP contribution < -0.4 is 30.0 Å². The Morgan fingerprint density at radius 1 is 0.791 bits per heavy atom. The molecule has 0 aliphatic carbocycles. The van der Waals surface area contributed by atoms with Crippen molar-refractivity contribution in [3.8, 4) is 17.6 Å². The molecule has 3 aromatic heterocycles. The number of sulfone groups is 1. The number of nitrogens with one attached hydrogen (secondary N) is 3. The predicted molar refractivity (Wildman–Crippen MR) is 321 cm³/mol. The molecule has 2 amide bonds. The third-order valence-corrected chi connectivity index (χ3v) is 15.8. The Morgan fingerprint density at radius 3 is 1.85 bits per heavy atom. The molecule has 91 heavy (non-hydrogen) atoms. The lowest BCUT2D eigenvalue weighted by Gasteiger charge is -2.27. The Hall–Kier alpha value is -9.48. The van der Waals surface area contributed by atoms with E-state index in [4.69, 9.17) is 53.1 Å². The van der Waals surface area contributed by atoms with E-state index >= 15 is 0 Å². The number of carboxylic acids is 1. The van der Waals surface area contributed by atoms with Crippen LogP contribution in [0.2, 0.25) is 10.2 Å². The molecule has 36 heteroatoms. The van der Waals surface area contributed by atoms with Gasteiger partial charge < -0.3 is 39.7 Å². The van der Waals surface area contributed by atoms with E-state index in [1.54, 1.807) is 11.6 Å². The lowest BCUT2D eigenvalue weighted by molar-refractivity contribution is -0.138. The van der Waals surface area contributed by atoms with Crippen molar-refractivity contribution < 1.29 is 96.4 Å². The van der Waals surface area contributed by atoms with Gasteiger partial charge in [0.2, 0.25) is 39.4 Å². The second kappa shape index (κ2) is 30.4. The number of benzene rings is 4. The summed E-state index contributed by atoms with van der Waals surface area (Å²) >= 11 is 11.0. The largest absolute Gasteiger partial charge is 0.493 e. The summed E-state index contributed by atoms with van der Waals surface area (Å²) in [5, 5.41) is 28.3. The van der Waals surface area contributed by atoms with Gasteiger partial charge in [-0.25, -0.2) is 63.5 Å². The third kappa shape index (κ3) is 19.0. The van der Waals surface area contributed by atoms with E-state index in [0.717, 1.165) is 47.4 Å². The van der Waals surface area contributed by atoms with E-state index in [9.17, 15) is 67.5 Å². The summed E-state index contributed by atoms with van der Waals surface area (Å²) in [7, 11) is -7.28. The highest BCUT2D eigenvalue weighted by Crippen LogP contribution is 2.41. The molecule has 0 spiro atoms. The molecule has 4 heterocycles. The van der Waals surface area contributed by atoms with Crippen molar-refractivity contribution in [1.82, 2.24) is 34.2 Å². The van der Waals surface area contributed by atoms with Crippen LogP contribution in [0.5, 0.6) is 17.6 Å². The standard InChI is InChI=1S/C18H17NO3.C17H21N5O9S2.C14H13F3N2O4S.C6H4Cl2N2O2/c1-2-21-17(20)16-13-18(22-19-16,14-9-5-3-6-10-14)15-11-7-4-8-12-15;1-29-13-8-14(30-2)20-16(19-13)21-17(24)22-33(27,28)12-7-10(9-18-32(4,25)26)5-6-11(12)15(23)31-3;1-7-11(13(21)19(2)18-7)12(20)9-5-4-8(14(15,16)17)6-10(9)24(3,22)23;7-3-1-2(9)4(8)5(10-3)6(11)12/h3-12H,2,13H2,1H3;5-8,18H,9H2,1-4H3,(H2,19,20,21,22,24);4-6,21H,1-3H3;1H,(H2,9,10)(H,11,12). The van der Waals surface area contributed by atoms with Crippen LogP contribution in [0.4, 0.5) is 29.6 Å². The minimum Gasteiger partial charge on any atom is -0.493 e. The molecule has 486 valence electrons. The number of nitrogens with zero attached hydrogens (tertiary/aromatic N) is 6. The first-order valence-electron chi connectivity index (χ1n) is 25.5. The molecule has 0 unspecified atom stereocenters. The number of sulfonamides is 2. The molecule has 0 radical (unpaired) electrons. The van der Waals surface area contributed by atoms with Gasteiger partial charge >= 0.3 is 30.1 Å². The zero-order valence-corrected chi connectivity index (χ0v) is 52.8. The summed E-state index contributed by atoms with van der Waals surface area (Å²) in [4.78, 5) is 75.0. The van der Waals surface area contributed by atoms with Crippen LogP contribution in [0.1, 0.15) is 78.1 Å². The molecule has 7 N–H and O–H groups in total. The van der Waals surface area contributed by atoms with Gasteiger partial charge in [-0.15, -0.1) is 0 Å². The van der Waals surface area contributed by atoms with Gasteiger partial charge in [0.1, 0.15) is 15.6 Å². The number of aromatic carboxylic acids is 1. The number of carboxylic acid groups (broad SMARTS) is 1. The monoisotopic (exact) mass is 1370 g/mol. The Kier molecular flexibility index (Phi) is 24.1. The van der Waals surface area contributed by atoms with Gasteiger partial charge in [0, 0.05) is 36.5 Å². The zero-order chi connectivity index (χ0) is 68.0. The number of urea groups is 1. The number of hydrogen-bond acceptors (Lipinski definition) is 23. The molecule has 7 aromatic rings. The van der Waals surface area contributed by atoms with Crippen molar-refractivity contribution in [2.75, 3.05) is 51.5 Å². The molecule has 0 fully saturated rings. The van der Waals surface area contributed by atoms with Gasteiger partial charge in [-0.1, -0.05) is 95.1 Å². The Morgan fingerprint density at radius 2 is 1.36 bits per heavy atom. The van der Waals surface area contributed by atoms with Crippen molar-refractivity contribution >= 4 is 100 Å². The van der Waals surface area contributed by atoms with Crippen LogP contribution in [-0.2, 0) is 74.4 Å². The number of aromatic hydroxyl groups is 1. The number of nitrogen functional groups attached to an aromatic ring is 1. The number of nitrogens with two attached hydrogens (primary N) is 1. The van der Waals surface area contributed by atoms with Crippen LogP contribution in [0.25, 0.3) is 0 Å². The third-order valence-electron chi connectivity index (χ3n) is 12.1. The average molecular weight is 1370 g/mol. The first kappa shape index (κ1) is 72.3. The van der Waals surface area contributed by atoms with E-state index in [2.05, 4.69) is 40.0 Å². The summed E-state index contributed by atoms with van der Waals surface area (Å²) in [5.74, 6) is -4.33. The number of rotatable bonds is 17. The summed E-state index contributed by atoms with van der Waals surface area (Å²) in [6.45, 7) is 3.25. The predicted octanol–water partition coefficient (Wildman–Crippen LogP) is 6.87. The molecule has 0 saturated heterocycles.